The molecule has 7 nitrogen and oxygen atoms in total. The molecule has 4 rings (SSSR count). The van der Waals surface area contributed by atoms with Crippen molar-refractivity contribution in [1.82, 2.24) is 9.78 Å². The predicted molar refractivity (Wildman–Crippen MR) is 144 cm³/mol. The first-order valence-electron chi connectivity index (χ1n) is 13.2. The zero-order chi connectivity index (χ0) is 26.4. The summed E-state index contributed by atoms with van der Waals surface area (Å²) in [5.41, 5.74) is 2.09. The largest absolute Gasteiger partial charge is 0.489 e. The Morgan fingerprint density at radius 2 is 1.70 bits per heavy atom. The van der Waals surface area contributed by atoms with Gasteiger partial charge in [-0.2, -0.15) is 0 Å². The number of para-hydroxylation sites is 1. The minimum Gasteiger partial charge on any atom is -0.489 e. The highest BCUT2D eigenvalue weighted by atomic mass is 16.5. The Morgan fingerprint density at radius 1 is 1.03 bits per heavy atom. The van der Waals surface area contributed by atoms with Crippen LogP contribution in [0, 0.1) is 11.8 Å². The number of nitrogens with zero attached hydrogens (tertiary/aromatic N) is 3. The third-order valence-electron chi connectivity index (χ3n) is 6.89. The molecule has 0 unspecified atom stereocenters. The molecule has 1 fully saturated rings. The van der Waals surface area contributed by atoms with Crippen LogP contribution >= 0.6 is 0 Å². The van der Waals surface area contributed by atoms with Gasteiger partial charge in [-0.1, -0.05) is 37.3 Å². The summed E-state index contributed by atoms with van der Waals surface area (Å²) in [5.74, 6) is 1.31. The molecule has 0 atom stereocenters. The van der Waals surface area contributed by atoms with Gasteiger partial charge in [-0.3, -0.25) is 9.69 Å². The van der Waals surface area contributed by atoms with Crippen molar-refractivity contribution in [3.8, 4) is 11.4 Å². The van der Waals surface area contributed by atoms with E-state index in [4.69, 9.17) is 14.6 Å². The molecule has 0 radical (unpaired) electrons. The number of carbonyl (C=O) groups excluding carboxylic acids is 2. The SMILES string of the molecule is CCOC(=O)c1cn(-c2ccc(COc3ccccc3)cc2)nc1N(C(=O)[C@H]1CC[C@H](C)CC1)C(C)C. The minimum atomic E-state index is -0.479. The van der Waals surface area contributed by atoms with E-state index >= 15 is 0 Å². The molecule has 1 aliphatic carbocycles. The summed E-state index contributed by atoms with van der Waals surface area (Å²) in [5, 5.41) is 4.75. The van der Waals surface area contributed by atoms with Crippen molar-refractivity contribution in [3.05, 3.63) is 71.9 Å². The number of esters is 1. The molecule has 2 aromatic carbocycles. The molecule has 1 heterocycles. The van der Waals surface area contributed by atoms with Crippen molar-refractivity contribution in [2.45, 2.75) is 66.0 Å². The summed E-state index contributed by atoms with van der Waals surface area (Å²) in [6.45, 7) is 8.61. The van der Waals surface area contributed by atoms with Crippen LogP contribution in [0.4, 0.5) is 5.82 Å². The molecule has 196 valence electrons. The van der Waals surface area contributed by atoms with Gasteiger partial charge in [0.05, 0.1) is 12.3 Å². The smallest absolute Gasteiger partial charge is 0.343 e. The highest BCUT2D eigenvalue weighted by molar-refractivity contribution is 6.02. The van der Waals surface area contributed by atoms with Crippen LogP contribution in [0.25, 0.3) is 5.69 Å². The topological polar surface area (TPSA) is 73.7 Å². The van der Waals surface area contributed by atoms with Crippen LogP contribution < -0.4 is 9.64 Å². The predicted octanol–water partition coefficient (Wildman–Crippen LogP) is 6.20. The van der Waals surface area contributed by atoms with Crippen LogP contribution in [0.2, 0.25) is 0 Å². The number of rotatable bonds is 9. The maximum absolute atomic E-state index is 13.7. The zero-order valence-corrected chi connectivity index (χ0v) is 22.2. The molecule has 0 bridgehead atoms. The second-order valence-electron chi connectivity index (χ2n) is 10.1. The van der Waals surface area contributed by atoms with E-state index in [1.165, 1.54) is 0 Å². The first-order chi connectivity index (χ1) is 17.9. The number of carbonyl (C=O) groups is 2. The van der Waals surface area contributed by atoms with Crippen molar-refractivity contribution in [1.29, 1.82) is 0 Å². The maximum atomic E-state index is 13.7. The number of anilines is 1. The molecule has 0 aliphatic heterocycles. The average molecular weight is 504 g/mol. The van der Waals surface area contributed by atoms with Crippen molar-refractivity contribution < 1.29 is 19.1 Å². The molecule has 1 aliphatic rings. The fourth-order valence-corrected chi connectivity index (χ4v) is 4.76. The molecule has 1 aromatic heterocycles. The fourth-order valence-electron chi connectivity index (χ4n) is 4.76. The highest BCUT2D eigenvalue weighted by Crippen LogP contribution is 2.33. The molecular weight excluding hydrogens is 466 g/mol. The lowest BCUT2D eigenvalue weighted by Crippen LogP contribution is -2.43. The molecule has 0 spiro atoms. The summed E-state index contributed by atoms with van der Waals surface area (Å²) in [6.07, 6.45) is 5.48. The van der Waals surface area contributed by atoms with Gasteiger partial charge in [-0.15, -0.1) is 5.10 Å². The molecule has 3 aromatic rings. The molecule has 37 heavy (non-hydrogen) atoms. The summed E-state index contributed by atoms with van der Waals surface area (Å²) in [6, 6.07) is 17.3. The Morgan fingerprint density at radius 3 is 2.32 bits per heavy atom. The first kappa shape index (κ1) is 26.5. The Labute approximate surface area is 219 Å². The van der Waals surface area contributed by atoms with Gasteiger partial charge >= 0.3 is 5.97 Å². The summed E-state index contributed by atoms with van der Waals surface area (Å²) in [7, 11) is 0. The highest BCUT2D eigenvalue weighted by Gasteiger charge is 2.34. The van der Waals surface area contributed by atoms with Gasteiger partial charge in [0.15, 0.2) is 5.82 Å². The van der Waals surface area contributed by atoms with Gasteiger partial charge in [-0.05, 0) is 82.2 Å². The van der Waals surface area contributed by atoms with Gasteiger partial charge in [0.1, 0.15) is 17.9 Å². The van der Waals surface area contributed by atoms with Gasteiger partial charge < -0.3 is 9.47 Å². The minimum absolute atomic E-state index is 0.0334. The van der Waals surface area contributed by atoms with Crippen LogP contribution in [-0.2, 0) is 16.1 Å². The van der Waals surface area contributed by atoms with Crippen LogP contribution in [0.15, 0.2) is 60.8 Å². The summed E-state index contributed by atoms with van der Waals surface area (Å²) in [4.78, 5) is 28.3. The molecule has 1 saturated carbocycles. The molecule has 0 saturated heterocycles. The molecule has 0 N–H and O–H groups in total. The van der Waals surface area contributed by atoms with Gasteiger partial charge in [0.2, 0.25) is 5.91 Å². The molecular formula is C30H37N3O4. The zero-order valence-electron chi connectivity index (χ0n) is 22.2. The number of benzene rings is 2. The average Bonchev–Trinajstić information content (AvgIpc) is 3.33. The summed E-state index contributed by atoms with van der Waals surface area (Å²) >= 11 is 0. The van der Waals surface area contributed by atoms with Crippen LogP contribution in [-0.4, -0.2) is 34.3 Å². The maximum Gasteiger partial charge on any atom is 0.343 e. The Kier molecular flexibility index (Phi) is 8.64. The van der Waals surface area contributed by atoms with E-state index < -0.39 is 5.97 Å². The Bertz CT molecular complexity index is 1180. The van der Waals surface area contributed by atoms with Crippen LogP contribution in [0.3, 0.4) is 0 Å². The van der Waals surface area contributed by atoms with E-state index in [1.54, 1.807) is 22.7 Å². The van der Waals surface area contributed by atoms with Crippen LogP contribution in [0.1, 0.15) is 69.3 Å². The quantitative estimate of drug-likeness (QED) is 0.325. The normalized spacial score (nSPS) is 17.4. The lowest BCUT2D eigenvalue weighted by Gasteiger charge is -2.32. The number of hydrogen-bond acceptors (Lipinski definition) is 5. The van der Waals surface area contributed by atoms with E-state index in [2.05, 4.69) is 6.92 Å². The third-order valence-corrected chi connectivity index (χ3v) is 6.89. The molecule has 7 heteroatoms. The lowest BCUT2D eigenvalue weighted by molar-refractivity contribution is -0.124. The molecule has 1 amide bonds. The van der Waals surface area contributed by atoms with E-state index in [1.807, 2.05) is 68.4 Å². The standard InChI is InChI=1S/C30H37N3O4/c1-5-36-30(35)27-19-32(25-17-13-23(14-18-25)20-37-26-9-7-6-8-10-26)31-28(27)33(21(2)3)29(34)24-15-11-22(4)12-16-24/h6-10,13-14,17-19,21-22,24H,5,11-12,15-16,20H2,1-4H3/t22-,24-. The lowest BCUT2D eigenvalue weighted by atomic mass is 9.82. The van der Waals surface area contributed by atoms with Crippen molar-refractivity contribution in [2.75, 3.05) is 11.5 Å². The fraction of sp³-hybridized carbons (Fsp3) is 0.433. The van der Waals surface area contributed by atoms with Crippen molar-refractivity contribution >= 4 is 17.7 Å². The van der Waals surface area contributed by atoms with E-state index in [0.717, 1.165) is 42.7 Å². The van der Waals surface area contributed by atoms with Crippen molar-refractivity contribution in [2.24, 2.45) is 11.8 Å². The Hall–Kier alpha value is -3.61. The van der Waals surface area contributed by atoms with Gasteiger partial charge in [0, 0.05) is 18.2 Å². The number of hydrogen-bond donors (Lipinski definition) is 0. The number of ether oxygens (including phenoxy) is 2. The number of amides is 1. The van der Waals surface area contributed by atoms with Crippen molar-refractivity contribution in [3.63, 3.8) is 0 Å². The first-order valence-corrected chi connectivity index (χ1v) is 13.2. The van der Waals surface area contributed by atoms with E-state index in [-0.39, 0.29) is 24.5 Å². The van der Waals surface area contributed by atoms with Gasteiger partial charge in [0.25, 0.3) is 0 Å². The number of aromatic nitrogens is 2. The second kappa shape index (κ2) is 12.1. The third kappa shape index (κ3) is 6.40. The van der Waals surface area contributed by atoms with Crippen LogP contribution in [0.5, 0.6) is 5.75 Å². The monoisotopic (exact) mass is 503 g/mol. The second-order valence-corrected chi connectivity index (χ2v) is 10.1. The van der Waals surface area contributed by atoms with E-state index in [9.17, 15) is 9.59 Å². The van der Waals surface area contributed by atoms with E-state index in [0.29, 0.717) is 23.9 Å². The Balaban J connectivity index is 1.60. The summed E-state index contributed by atoms with van der Waals surface area (Å²) < 4.78 is 12.8. The van der Waals surface area contributed by atoms with Gasteiger partial charge in [-0.25, -0.2) is 9.48 Å².